The Morgan fingerprint density at radius 3 is 2.95 bits per heavy atom. The molecule has 100 valence electrons. The van der Waals surface area contributed by atoms with Gasteiger partial charge in [-0.1, -0.05) is 39.6 Å². The predicted molar refractivity (Wildman–Crippen MR) is 76.3 cm³/mol. The Bertz CT molecular complexity index is 586. The summed E-state index contributed by atoms with van der Waals surface area (Å²) in [4.78, 5) is 0. The molecule has 0 unspecified atom stereocenters. The number of ether oxygens (including phenoxy) is 1. The topological polar surface area (TPSA) is 47.0 Å². The van der Waals surface area contributed by atoms with Crippen LogP contribution in [0.1, 0.15) is 17.8 Å². The van der Waals surface area contributed by atoms with Gasteiger partial charge in [0.25, 0.3) is 5.19 Å². The van der Waals surface area contributed by atoms with Crippen LogP contribution in [0.4, 0.5) is 0 Å². The van der Waals surface area contributed by atoms with Gasteiger partial charge in [0.15, 0.2) is 0 Å². The second-order valence-corrected chi connectivity index (χ2v) is 6.16. The van der Waals surface area contributed by atoms with E-state index in [4.69, 9.17) is 27.9 Å². The van der Waals surface area contributed by atoms with Gasteiger partial charge < -0.3 is 10.1 Å². The number of rotatable bonds is 5. The van der Waals surface area contributed by atoms with Crippen LogP contribution in [-0.2, 0) is 6.54 Å². The molecule has 1 N–H and O–H groups in total. The van der Waals surface area contributed by atoms with E-state index in [0.717, 1.165) is 11.6 Å². The van der Waals surface area contributed by atoms with Crippen LogP contribution < -0.4 is 10.1 Å². The molecule has 19 heavy (non-hydrogen) atoms. The van der Waals surface area contributed by atoms with Gasteiger partial charge in [-0.05, 0) is 25.0 Å². The van der Waals surface area contributed by atoms with Crippen LogP contribution in [0.15, 0.2) is 18.2 Å². The van der Waals surface area contributed by atoms with Crippen molar-refractivity contribution in [3.63, 3.8) is 0 Å². The molecule has 0 atom stereocenters. The summed E-state index contributed by atoms with van der Waals surface area (Å²) in [6, 6.07) is 5.71. The predicted octanol–water partition coefficient (Wildman–Crippen LogP) is 3.89. The van der Waals surface area contributed by atoms with E-state index in [2.05, 4.69) is 15.5 Å². The van der Waals surface area contributed by atoms with Crippen LogP contribution >= 0.6 is 34.5 Å². The standard InChI is InChI=1S/C12H11Cl2N3OS/c13-7-1-4-9(14)10(5-7)18-12-17-16-11(19-12)6-15-8-2-3-8/h1,4-5,8,15H,2-3,6H2. The van der Waals surface area contributed by atoms with Crippen LogP contribution in [-0.4, -0.2) is 16.2 Å². The Kier molecular flexibility index (Phi) is 3.88. The molecule has 0 spiro atoms. The Balaban J connectivity index is 1.66. The summed E-state index contributed by atoms with van der Waals surface area (Å²) < 4.78 is 5.59. The monoisotopic (exact) mass is 315 g/mol. The van der Waals surface area contributed by atoms with E-state index in [0.29, 0.717) is 27.0 Å². The first-order valence-electron chi connectivity index (χ1n) is 5.89. The quantitative estimate of drug-likeness (QED) is 0.909. The molecule has 4 nitrogen and oxygen atoms in total. The molecule has 1 saturated carbocycles. The Hall–Kier alpha value is -0.880. The first-order valence-corrected chi connectivity index (χ1v) is 7.46. The van der Waals surface area contributed by atoms with Gasteiger partial charge in [-0.2, -0.15) is 0 Å². The average molecular weight is 316 g/mol. The molecule has 7 heteroatoms. The Morgan fingerprint density at radius 1 is 1.32 bits per heavy atom. The number of aromatic nitrogens is 2. The van der Waals surface area contributed by atoms with E-state index in [9.17, 15) is 0 Å². The fourth-order valence-corrected chi connectivity index (χ4v) is 2.49. The van der Waals surface area contributed by atoms with Crippen molar-refractivity contribution in [3.8, 4) is 10.9 Å². The van der Waals surface area contributed by atoms with Crippen LogP contribution in [0.25, 0.3) is 0 Å². The molecular formula is C12H11Cl2N3OS. The maximum absolute atomic E-state index is 6.02. The maximum atomic E-state index is 6.02. The summed E-state index contributed by atoms with van der Waals surface area (Å²) in [6.45, 7) is 0.731. The highest BCUT2D eigenvalue weighted by Gasteiger charge is 2.20. The molecule has 0 aliphatic heterocycles. The van der Waals surface area contributed by atoms with Gasteiger partial charge in [-0.25, -0.2) is 0 Å². The van der Waals surface area contributed by atoms with Crippen molar-refractivity contribution in [1.82, 2.24) is 15.5 Å². The third-order valence-corrected chi connectivity index (χ3v) is 4.01. The van der Waals surface area contributed by atoms with Crippen molar-refractivity contribution in [1.29, 1.82) is 0 Å². The number of hydrogen-bond donors (Lipinski definition) is 1. The molecule has 0 amide bonds. The zero-order chi connectivity index (χ0) is 13.2. The van der Waals surface area contributed by atoms with Crippen molar-refractivity contribution in [2.24, 2.45) is 0 Å². The molecule has 3 rings (SSSR count). The molecule has 1 heterocycles. The minimum Gasteiger partial charge on any atom is -0.428 e. The number of hydrogen-bond acceptors (Lipinski definition) is 5. The van der Waals surface area contributed by atoms with E-state index in [1.54, 1.807) is 18.2 Å². The fraction of sp³-hybridized carbons (Fsp3) is 0.333. The van der Waals surface area contributed by atoms with E-state index in [1.165, 1.54) is 24.2 Å². The van der Waals surface area contributed by atoms with Gasteiger partial charge in [-0.15, -0.1) is 5.10 Å². The average Bonchev–Trinajstić information content (AvgIpc) is 3.12. The second-order valence-electron chi connectivity index (χ2n) is 4.29. The highest BCUT2D eigenvalue weighted by molar-refractivity contribution is 7.13. The minimum absolute atomic E-state index is 0.469. The first-order chi connectivity index (χ1) is 9.20. The van der Waals surface area contributed by atoms with Crippen LogP contribution in [0.3, 0.4) is 0 Å². The van der Waals surface area contributed by atoms with Crippen molar-refractivity contribution in [2.45, 2.75) is 25.4 Å². The van der Waals surface area contributed by atoms with Gasteiger partial charge in [0, 0.05) is 17.1 Å². The third kappa shape index (κ3) is 3.57. The molecule has 1 aromatic carbocycles. The number of benzene rings is 1. The van der Waals surface area contributed by atoms with Gasteiger partial charge in [0.05, 0.1) is 11.6 Å². The molecule has 0 saturated heterocycles. The molecular weight excluding hydrogens is 305 g/mol. The largest absolute Gasteiger partial charge is 0.428 e. The van der Waals surface area contributed by atoms with Crippen molar-refractivity contribution in [3.05, 3.63) is 33.3 Å². The summed E-state index contributed by atoms with van der Waals surface area (Å²) in [6.07, 6.45) is 2.50. The minimum atomic E-state index is 0.469. The van der Waals surface area contributed by atoms with Crippen LogP contribution in [0.2, 0.25) is 10.0 Å². The second kappa shape index (κ2) is 5.63. The van der Waals surface area contributed by atoms with Gasteiger partial charge >= 0.3 is 0 Å². The Morgan fingerprint density at radius 2 is 2.16 bits per heavy atom. The summed E-state index contributed by atoms with van der Waals surface area (Å²) in [7, 11) is 0. The van der Waals surface area contributed by atoms with E-state index < -0.39 is 0 Å². The van der Waals surface area contributed by atoms with Gasteiger partial charge in [-0.3, -0.25) is 0 Å². The summed E-state index contributed by atoms with van der Waals surface area (Å²) in [5.41, 5.74) is 0. The summed E-state index contributed by atoms with van der Waals surface area (Å²) in [5, 5.41) is 13.9. The molecule has 1 aliphatic carbocycles. The number of halogens is 2. The molecule has 1 fully saturated rings. The number of nitrogens with zero attached hydrogens (tertiary/aromatic N) is 2. The zero-order valence-electron chi connectivity index (χ0n) is 9.90. The third-order valence-electron chi connectivity index (χ3n) is 2.66. The van der Waals surface area contributed by atoms with Crippen molar-refractivity contribution < 1.29 is 4.74 Å². The summed E-state index contributed by atoms with van der Waals surface area (Å²) in [5.74, 6) is 0.493. The molecule has 0 radical (unpaired) electrons. The van der Waals surface area contributed by atoms with Crippen LogP contribution in [0.5, 0.6) is 10.9 Å². The first kappa shape index (κ1) is 13.1. The smallest absolute Gasteiger partial charge is 0.299 e. The van der Waals surface area contributed by atoms with Crippen molar-refractivity contribution in [2.75, 3.05) is 0 Å². The highest BCUT2D eigenvalue weighted by Crippen LogP contribution is 2.33. The van der Waals surface area contributed by atoms with Crippen LogP contribution in [0, 0.1) is 0 Å². The fourth-order valence-electron chi connectivity index (χ4n) is 1.52. The normalized spacial score (nSPS) is 14.6. The lowest BCUT2D eigenvalue weighted by Crippen LogP contribution is -2.14. The van der Waals surface area contributed by atoms with Gasteiger partial charge in [0.1, 0.15) is 10.8 Å². The number of nitrogens with one attached hydrogen (secondary N) is 1. The molecule has 2 aromatic rings. The SMILES string of the molecule is Clc1ccc(Cl)c(Oc2nnc(CNC3CC3)s2)c1. The molecule has 1 aromatic heterocycles. The van der Waals surface area contributed by atoms with E-state index in [1.807, 2.05) is 0 Å². The lowest BCUT2D eigenvalue weighted by Gasteiger charge is -2.03. The zero-order valence-corrected chi connectivity index (χ0v) is 12.2. The van der Waals surface area contributed by atoms with E-state index >= 15 is 0 Å². The summed E-state index contributed by atoms with van der Waals surface area (Å²) >= 11 is 13.3. The van der Waals surface area contributed by atoms with Gasteiger partial charge in [0.2, 0.25) is 0 Å². The Labute approximate surface area is 124 Å². The maximum Gasteiger partial charge on any atom is 0.299 e. The molecule has 1 aliphatic rings. The molecule has 0 bridgehead atoms. The lowest BCUT2D eigenvalue weighted by atomic mass is 10.3. The van der Waals surface area contributed by atoms with E-state index in [-0.39, 0.29) is 0 Å². The highest BCUT2D eigenvalue weighted by atomic mass is 35.5. The lowest BCUT2D eigenvalue weighted by molar-refractivity contribution is 0.473. The van der Waals surface area contributed by atoms with Crippen molar-refractivity contribution >= 4 is 34.5 Å².